The van der Waals surface area contributed by atoms with Crippen LogP contribution in [0.3, 0.4) is 0 Å². The molecule has 0 atom stereocenters. The lowest BCUT2D eigenvalue weighted by atomic mass is 9.95. The maximum absolute atomic E-state index is 12.1. The van der Waals surface area contributed by atoms with Crippen LogP contribution in [0.2, 0.25) is 0 Å². The summed E-state index contributed by atoms with van der Waals surface area (Å²) in [7, 11) is 2.33. The van der Waals surface area contributed by atoms with Crippen LogP contribution in [0.15, 0.2) is 29.5 Å². The normalized spacial score (nSPS) is 11.6. The number of aliphatic imine (C=N–C) groups is 1. The Kier molecular flexibility index (Phi) is 6.40. The molecule has 0 radical (unpaired) electrons. The minimum absolute atomic E-state index is 0.127. The molecule has 1 amide bonds. The number of aromatic nitrogens is 2. The number of nitrogens with one attached hydrogen (secondary N) is 1. The van der Waals surface area contributed by atoms with Crippen molar-refractivity contribution in [2.45, 2.75) is 20.8 Å². The lowest BCUT2D eigenvalue weighted by Gasteiger charge is -2.17. The lowest BCUT2D eigenvalue weighted by Crippen LogP contribution is -2.27. The number of anilines is 1. The molecule has 148 valence electrons. The maximum Gasteiger partial charge on any atom is 0.325 e. The Labute approximate surface area is 162 Å². The summed E-state index contributed by atoms with van der Waals surface area (Å²) in [6, 6.07) is 5.09. The molecule has 0 saturated heterocycles. The van der Waals surface area contributed by atoms with E-state index in [-0.39, 0.29) is 11.7 Å². The molecular formula is C19H22N4O5. The third kappa shape index (κ3) is 4.87. The molecule has 1 aromatic heterocycles. The Morgan fingerprint density at radius 3 is 2.32 bits per heavy atom. The van der Waals surface area contributed by atoms with Crippen LogP contribution in [0.25, 0.3) is 10.9 Å². The SMILES string of the molecule is COC(=O)C(C=Nc1ncnc2cc(NC(=O)C(C)(C)C)ccc12)C(=O)OC. The standard InChI is InChI=1S/C19H22N4O5/c1-19(2,3)18(26)23-11-6-7-12-14(8-11)21-10-22-15(12)20-9-13(16(24)27-4)17(25)28-5/h6-10,13H,1-5H3,(H,23,26). The van der Waals surface area contributed by atoms with E-state index in [1.165, 1.54) is 20.5 Å². The molecule has 0 saturated carbocycles. The van der Waals surface area contributed by atoms with Gasteiger partial charge in [-0.25, -0.2) is 15.0 Å². The first kappa shape index (κ1) is 20.9. The fraction of sp³-hybridized carbons (Fsp3) is 0.368. The summed E-state index contributed by atoms with van der Waals surface area (Å²) in [4.78, 5) is 48.0. The summed E-state index contributed by atoms with van der Waals surface area (Å²) >= 11 is 0. The summed E-state index contributed by atoms with van der Waals surface area (Å²) in [5, 5.41) is 3.41. The van der Waals surface area contributed by atoms with Gasteiger partial charge in [0.1, 0.15) is 6.33 Å². The van der Waals surface area contributed by atoms with Crippen molar-refractivity contribution in [1.29, 1.82) is 0 Å². The van der Waals surface area contributed by atoms with Gasteiger partial charge in [0.15, 0.2) is 11.7 Å². The largest absolute Gasteiger partial charge is 0.468 e. The average Bonchev–Trinajstić information content (AvgIpc) is 2.66. The first-order valence-corrected chi connectivity index (χ1v) is 8.43. The van der Waals surface area contributed by atoms with Gasteiger partial charge in [0.25, 0.3) is 0 Å². The molecule has 0 fully saturated rings. The number of esters is 2. The van der Waals surface area contributed by atoms with E-state index >= 15 is 0 Å². The number of carbonyl (C=O) groups is 3. The molecule has 1 aromatic carbocycles. The van der Waals surface area contributed by atoms with Crippen molar-refractivity contribution in [2.24, 2.45) is 16.3 Å². The molecule has 0 unspecified atom stereocenters. The summed E-state index contributed by atoms with van der Waals surface area (Å²) in [5.41, 5.74) is 0.594. The Hall–Kier alpha value is -3.36. The number of carbonyl (C=O) groups excluding carboxylic acids is 3. The fourth-order valence-corrected chi connectivity index (χ4v) is 2.16. The summed E-state index contributed by atoms with van der Waals surface area (Å²) in [6.45, 7) is 5.45. The molecule has 2 aromatic rings. The van der Waals surface area contributed by atoms with Gasteiger partial charge in [0.05, 0.1) is 19.7 Å². The van der Waals surface area contributed by atoms with Crippen LogP contribution in [-0.4, -0.2) is 48.2 Å². The third-order valence-electron chi connectivity index (χ3n) is 3.81. The monoisotopic (exact) mass is 386 g/mol. The molecule has 0 bridgehead atoms. The van der Waals surface area contributed by atoms with Gasteiger partial charge in [0.2, 0.25) is 5.91 Å². The highest BCUT2D eigenvalue weighted by Crippen LogP contribution is 2.26. The molecule has 9 nitrogen and oxygen atoms in total. The van der Waals surface area contributed by atoms with Crippen molar-refractivity contribution >= 4 is 46.5 Å². The Bertz CT molecular complexity index is 918. The highest BCUT2D eigenvalue weighted by molar-refractivity contribution is 6.09. The van der Waals surface area contributed by atoms with Crippen LogP contribution in [0, 0.1) is 11.3 Å². The molecule has 9 heteroatoms. The second kappa shape index (κ2) is 8.55. The molecule has 0 spiro atoms. The van der Waals surface area contributed by atoms with Gasteiger partial charge in [0, 0.05) is 22.7 Å². The van der Waals surface area contributed by atoms with E-state index in [1.807, 2.05) is 20.8 Å². The van der Waals surface area contributed by atoms with Crippen molar-refractivity contribution in [3.63, 3.8) is 0 Å². The molecule has 0 aliphatic rings. The van der Waals surface area contributed by atoms with Crippen molar-refractivity contribution < 1.29 is 23.9 Å². The Balaban J connectivity index is 2.35. The quantitative estimate of drug-likeness (QED) is 0.475. The van der Waals surface area contributed by atoms with Crippen LogP contribution in [-0.2, 0) is 23.9 Å². The van der Waals surface area contributed by atoms with E-state index < -0.39 is 23.3 Å². The van der Waals surface area contributed by atoms with E-state index in [9.17, 15) is 14.4 Å². The van der Waals surface area contributed by atoms with Crippen LogP contribution in [0.5, 0.6) is 0 Å². The minimum atomic E-state index is -1.30. The van der Waals surface area contributed by atoms with Crippen molar-refractivity contribution in [1.82, 2.24) is 9.97 Å². The van der Waals surface area contributed by atoms with Crippen LogP contribution in [0.1, 0.15) is 20.8 Å². The Morgan fingerprint density at radius 2 is 1.75 bits per heavy atom. The number of ether oxygens (including phenoxy) is 2. The summed E-state index contributed by atoms with van der Waals surface area (Å²) < 4.78 is 9.17. The van der Waals surface area contributed by atoms with E-state index in [2.05, 4.69) is 29.8 Å². The second-order valence-corrected chi connectivity index (χ2v) is 6.94. The highest BCUT2D eigenvalue weighted by atomic mass is 16.5. The highest BCUT2D eigenvalue weighted by Gasteiger charge is 2.27. The number of amides is 1. The van der Waals surface area contributed by atoms with Crippen molar-refractivity contribution in [3.8, 4) is 0 Å². The predicted molar refractivity (Wildman–Crippen MR) is 103 cm³/mol. The van der Waals surface area contributed by atoms with Gasteiger partial charge >= 0.3 is 11.9 Å². The number of hydrogen-bond acceptors (Lipinski definition) is 8. The molecule has 1 N–H and O–H groups in total. The van der Waals surface area contributed by atoms with Gasteiger partial charge in [-0.15, -0.1) is 0 Å². The van der Waals surface area contributed by atoms with E-state index in [1.54, 1.807) is 18.2 Å². The van der Waals surface area contributed by atoms with E-state index in [4.69, 9.17) is 0 Å². The first-order chi connectivity index (χ1) is 13.2. The van der Waals surface area contributed by atoms with Crippen LogP contribution >= 0.6 is 0 Å². The predicted octanol–water partition coefficient (Wildman–Crippen LogP) is 2.28. The molecule has 1 heterocycles. The van der Waals surface area contributed by atoms with Gasteiger partial charge < -0.3 is 14.8 Å². The third-order valence-corrected chi connectivity index (χ3v) is 3.81. The number of nitrogens with zero attached hydrogens (tertiary/aromatic N) is 3. The molecule has 2 rings (SSSR count). The summed E-state index contributed by atoms with van der Waals surface area (Å²) in [5.74, 6) is -2.75. The van der Waals surface area contributed by atoms with Crippen LogP contribution < -0.4 is 5.32 Å². The van der Waals surface area contributed by atoms with Crippen molar-refractivity contribution in [3.05, 3.63) is 24.5 Å². The minimum Gasteiger partial charge on any atom is -0.468 e. The number of methoxy groups -OCH3 is 2. The van der Waals surface area contributed by atoms with Crippen LogP contribution in [0.4, 0.5) is 11.5 Å². The zero-order chi connectivity index (χ0) is 20.9. The van der Waals surface area contributed by atoms with Crippen molar-refractivity contribution in [2.75, 3.05) is 19.5 Å². The number of benzene rings is 1. The maximum atomic E-state index is 12.1. The van der Waals surface area contributed by atoms with Gasteiger partial charge in [-0.1, -0.05) is 20.8 Å². The van der Waals surface area contributed by atoms with Gasteiger partial charge in [-0.05, 0) is 18.2 Å². The number of hydrogen-bond donors (Lipinski definition) is 1. The summed E-state index contributed by atoms with van der Waals surface area (Å²) in [6.07, 6.45) is 2.42. The first-order valence-electron chi connectivity index (χ1n) is 8.43. The lowest BCUT2D eigenvalue weighted by molar-refractivity contribution is -0.154. The molecule has 28 heavy (non-hydrogen) atoms. The van der Waals surface area contributed by atoms with Gasteiger partial charge in [-0.2, -0.15) is 0 Å². The average molecular weight is 386 g/mol. The molecule has 0 aliphatic heterocycles. The topological polar surface area (TPSA) is 120 Å². The van der Waals surface area contributed by atoms with Gasteiger partial charge in [-0.3, -0.25) is 14.4 Å². The molecule has 0 aliphatic carbocycles. The Morgan fingerprint density at radius 1 is 1.11 bits per heavy atom. The second-order valence-electron chi connectivity index (χ2n) is 6.94. The zero-order valence-electron chi connectivity index (χ0n) is 16.3. The fourth-order valence-electron chi connectivity index (χ4n) is 2.16. The molecular weight excluding hydrogens is 364 g/mol. The van der Waals surface area contributed by atoms with E-state index in [0.717, 1.165) is 6.21 Å². The number of rotatable bonds is 5. The van der Waals surface area contributed by atoms with E-state index in [0.29, 0.717) is 16.6 Å². The zero-order valence-corrected chi connectivity index (χ0v) is 16.3. The number of fused-ring (bicyclic) bond motifs is 1. The smallest absolute Gasteiger partial charge is 0.325 e.